The first-order valence-electron chi connectivity index (χ1n) is 9.45. The first-order valence-corrected chi connectivity index (χ1v) is 9.45. The van der Waals surface area contributed by atoms with E-state index >= 15 is 0 Å². The monoisotopic (exact) mass is 512 g/mol. The maximum atomic E-state index is 14.1. The Morgan fingerprint density at radius 2 is 2.07 bits per heavy atom. The van der Waals surface area contributed by atoms with Crippen LogP contribution >= 0.6 is 24.0 Å². The number of aliphatic imine (C=N–C) groups is 1. The predicted molar refractivity (Wildman–Crippen MR) is 119 cm³/mol. The molecular formula is C20H26FIN6O. The van der Waals surface area contributed by atoms with Gasteiger partial charge in [-0.15, -0.1) is 24.0 Å². The molecule has 1 aliphatic rings. The third-order valence-corrected chi connectivity index (χ3v) is 4.65. The maximum Gasteiger partial charge on any atom is 0.194 e. The molecule has 0 atom stereocenters. The highest BCUT2D eigenvalue weighted by Gasteiger charge is 2.20. The molecule has 7 nitrogen and oxygen atoms in total. The van der Waals surface area contributed by atoms with Crippen LogP contribution in [0, 0.1) is 24.1 Å². The number of nitrogens with one attached hydrogen (secondary N) is 1. The van der Waals surface area contributed by atoms with E-state index in [4.69, 9.17) is 9.78 Å². The molecule has 1 aromatic carbocycles. The summed E-state index contributed by atoms with van der Waals surface area (Å²) in [6, 6.07) is 8.40. The number of nitriles is 1. The van der Waals surface area contributed by atoms with Gasteiger partial charge in [0, 0.05) is 50.9 Å². The highest BCUT2D eigenvalue weighted by Crippen LogP contribution is 2.13. The van der Waals surface area contributed by atoms with Gasteiger partial charge in [0.2, 0.25) is 0 Å². The lowest BCUT2D eigenvalue weighted by Crippen LogP contribution is -2.52. The standard InChI is InChI=1S/C20H25FN6O.HI/c1-3-23-20(24-13-17-5-4-16(12-22)11-19(17)21)27-8-6-26(7-9-27)14-18-10-15(2)28-25-18;/h4-5,10-11H,3,6-9,13-14H2,1-2H3,(H,23,24);1H. The summed E-state index contributed by atoms with van der Waals surface area (Å²) in [5.41, 5.74) is 1.74. The van der Waals surface area contributed by atoms with Crippen LogP contribution in [0.2, 0.25) is 0 Å². The van der Waals surface area contributed by atoms with E-state index in [2.05, 4.69) is 25.3 Å². The molecule has 0 amide bonds. The minimum absolute atomic E-state index is 0. The molecule has 0 bridgehead atoms. The van der Waals surface area contributed by atoms with Gasteiger partial charge in [-0.05, 0) is 26.0 Å². The van der Waals surface area contributed by atoms with E-state index in [1.165, 1.54) is 6.07 Å². The third-order valence-electron chi connectivity index (χ3n) is 4.65. The molecule has 0 aliphatic carbocycles. The lowest BCUT2D eigenvalue weighted by molar-refractivity contribution is 0.169. The summed E-state index contributed by atoms with van der Waals surface area (Å²) in [6.45, 7) is 9.10. The van der Waals surface area contributed by atoms with E-state index in [1.54, 1.807) is 12.1 Å². The second-order valence-electron chi connectivity index (χ2n) is 6.78. The molecule has 0 radical (unpaired) electrons. The smallest absolute Gasteiger partial charge is 0.194 e. The number of hydrogen-bond donors (Lipinski definition) is 1. The molecule has 0 saturated carbocycles. The number of aryl methyl sites for hydroxylation is 1. The molecule has 2 heterocycles. The molecule has 1 N–H and O–H groups in total. The van der Waals surface area contributed by atoms with Crippen molar-refractivity contribution in [3.8, 4) is 6.07 Å². The molecule has 1 saturated heterocycles. The summed E-state index contributed by atoms with van der Waals surface area (Å²) in [5, 5.41) is 16.2. The van der Waals surface area contributed by atoms with Crippen LogP contribution in [0.25, 0.3) is 0 Å². The van der Waals surface area contributed by atoms with Crippen molar-refractivity contribution in [1.29, 1.82) is 5.26 Å². The summed E-state index contributed by atoms with van der Waals surface area (Å²) in [7, 11) is 0. The molecule has 0 spiro atoms. The Hall–Kier alpha value is -2.19. The molecule has 29 heavy (non-hydrogen) atoms. The SMILES string of the molecule is CCNC(=NCc1ccc(C#N)cc1F)N1CCN(Cc2cc(C)on2)CC1.I. The van der Waals surface area contributed by atoms with Gasteiger partial charge in [0.1, 0.15) is 11.6 Å². The molecule has 1 fully saturated rings. The number of benzene rings is 1. The quantitative estimate of drug-likeness (QED) is 0.377. The van der Waals surface area contributed by atoms with Crippen LogP contribution in [-0.2, 0) is 13.1 Å². The summed E-state index contributed by atoms with van der Waals surface area (Å²) >= 11 is 0. The van der Waals surface area contributed by atoms with Crippen molar-refractivity contribution in [2.75, 3.05) is 32.7 Å². The van der Waals surface area contributed by atoms with Crippen molar-refractivity contribution in [2.24, 2.45) is 4.99 Å². The Labute approximate surface area is 187 Å². The van der Waals surface area contributed by atoms with Crippen LogP contribution in [0.15, 0.2) is 33.8 Å². The molecule has 9 heteroatoms. The number of aromatic nitrogens is 1. The molecular weight excluding hydrogens is 486 g/mol. The van der Waals surface area contributed by atoms with Crippen LogP contribution in [-0.4, -0.2) is 53.6 Å². The molecule has 2 aromatic rings. The fourth-order valence-corrected chi connectivity index (χ4v) is 3.17. The van der Waals surface area contributed by atoms with Crippen molar-refractivity contribution in [3.63, 3.8) is 0 Å². The summed E-state index contributed by atoms with van der Waals surface area (Å²) < 4.78 is 19.2. The van der Waals surface area contributed by atoms with Gasteiger partial charge in [0.15, 0.2) is 5.96 Å². The van der Waals surface area contributed by atoms with E-state index in [9.17, 15) is 4.39 Å². The minimum Gasteiger partial charge on any atom is -0.361 e. The predicted octanol–water partition coefficient (Wildman–Crippen LogP) is 2.90. The Kier molecular flexibility index (Phi) is 8.85. The number of hydrogen-bond acceptors (Lipinski definition) is 5. The largest absolute Gasteiger partial charge is 0.361 e. The molecule has 1 aliphatic heterocycles. The van der Waals surface area contributed by atoms with E-state index in [-0.39, 0.29) is 30.5 Å². The number of piperazine rings is 1. The number of rotatable bonds is 5. The molecule has 1 aromatic heterocycles. The first-order chi connectivity index (χ1) is 13.6. The highest BCUT2D eigenvalue weighted by atomic mass is 127. The van der Waals surface area contributed by atoms with Gasteiger partial charge in [0.05, 0.1) is 23.9 Å². The Bertz CT molecular complexity index is 870. The lowest BCUT2D eigenvalue weighted by atomic mass is 10.1. The van der Waals surface area contributed by atoms with E-state index in [0.717, 1.165) is 56.7 Å². The van der Waals surface area contributed by atoms with Crippen LogP contribution in [0.3, 0.4) is 0 Å². The van der Waals surface area contributed by atoms with Gasteiger partial charge < -0.3 is 14.7 Å². The molecule has 0 unspecified atom stereocenters. The third kappa shape index (κ3) is 6.40. The van der Waals surface area contributed by atoms with Gasteiger partial charge in [-0.25, -0.2) is 9.38 Å². The summed E-state index contributed by atoms with van der Waals surface area (Å²) in [6.07, 6.45) is 0. The van der Waals surface area contributed by atoms with Crippen LogP contribution in [0.4, 0.5) is 4.39 Å². The summed E-state index contributed by atoms with van der Waals surface area (Å²) in [5.74, 6) is 1.21. The lowest BCUT2D eigenvalue weighted by Gasteiger charge is -2.36. The van der Waals surface area contributed by atoms with Gasteiger partial charge in [-0.1, -0.05) is 11.2 Å². The zero-order chi connectivity index (χ0) is 19.9. The second-order valence-corrected chi connectivity index (χ2v) is 6.78. The van der Waals surface area contributed by atoms with E-state index < -0.39 is 5.82 Å². The van der Waals surface area contributed by atoms with Gasteiger partial charge in [-0.2, -0.15) is 5.26 Å². The van der Waals surface area contributed by atoms with Crippen LogP contribution < -0.4 is 5.32 Å². The number of halogens is 2. The van der Waals surface area contributed by atoms with Crippen molar-refractivity contribution in [1.82, 2.24) is 20.3 Å². The Balaban J connectivity index is 0.00000300. The molecule has 3 rings (SSSR count). The average molecular weight is 512 g/mol. The zero-order valence-electron chi connectivity index (χ0n) is 16.7. The van der Waals surface area contributed by atoms with E-state index in [0.29, 0.717) is 11.1 Å². The Morgan fingerprint density at radius 1 is 1.31 bits per heavy atom. The van der Waals surface area contributed by atoms with Crippen molar-refractivity contribution in [2.45, 2.75) is 26.9 Å². The van der Waals surface area contributed by atoms with Crippen LogP contribution in [0.5, 0.6) is 0 Å². The highest BCUT2D eigenvalue weighted by molar-refractivity contribution is 14.0. The van der Waals surface area contributed by atoms with Crippen molar-refractivity contribution < 1.29 is 8.91 Å². The normalized spacial score (nSPS) is 15.0. The van der Waals surface area contributed by atoms with Gasteiger partial charge in [0.25, 0.3) is 0 Å². The fourth-order valence-electron chi connectivity index (χ4n) is 3.17. The number of guanidine groups is 1. The minimum atomic E-state index is -0.397. The second kappa shape index (κ2) is 11.1. The Morgan fingerprint density at radius 3 is 2.66 bits per heavy atom. The van der Waals surface area contributed by atoms with Crippen LogP contribution in [0.1, 0.15) is 29.5 Å². The van der Waals surface area contributed by atoms with Crippen molar-refractivity contribution in [3.05, 3.63) is 52.7 Å². The average Bonchev–Trinajstić information content (AvgIpc) is 3.11. The topological polar surface area (TPSA) is 80.7 Å². The van der Waals surface area contributed by atoms with Crippen molar-refractivity contribution >= 4 is 29.9 Å². The summed E-state index contributed by atoms with van der Waals surface area (Å²) in [4.78, 5) is 9.12. The maximum absolute atomic E-state index is 14.1. The number of nitrogens with zero attached hydrogens (tertiary/aromatic N) is 5. The zero-order valence-corrected chi connectivity index (χ0v) is 19.0. The van der Waals surface area contributed by atoms with Gasteiger partial charge >= 0.3 is 0 Å². The first kappa shape index (κ1) is 23.1. The van der Waals surface area contributed by atoms with Gasteiger partial charge in [-0.3, -0.25) is 4.90 Å². The fraction of sp³-hybridized carbons (Fsp3) is 0.450. The molecule has 156 valence electrons. The van der Waals surface area contributed by atoms with E-state index in [1.807, 2.05) is 26.0 Å².